The SMILES string of the molecule is COc1ccc2c(c1)c(OC(=O)c1cccc3c1-c1ccccc1C3=O)cn2C. The standard InChI is InChI=1S/C24H17NO4/c1-25-13-21(19-12-14(28-2)10-11-20(19)25)29-24(27)18-9-5-8-17-22(18)15-6-3-4-7-16(15)23(17)26/h3-13H,1-2H3. The monoisotopic (exact) mass is 383 g/mol. The molecule has 4 aromatic rings. The molecule has 0 bridgehead atoms. The smallest absolute Gasteiger partial charge is 0.344 e. The minimum atomic E-state index is -0.498. The molecule has 142 valence electrons. The van der Waals surface area contributed by atoms with Gasteiger partial charge in [-0.1, -0.05) is 36.4 Å². The molecule has 0 unspecified atom stereocenters. The van der Waals surface area contributed by atoms with E-state index in [0.29, 0.717) is 33.8 Å². The number of fused-ring (bicyclic) bond motifs is 4. The van der Waals surface area contributed by atoms with Crippen molar-refractivity contribution in [2.45, 2.75) is 0 Å². The normalized spacial score (nSPS) is 12.0. The van der Waals surface area contributed by atoms with Gasteiger partial charge in [-0.25, -0.2) is 4.79 Å². The maximum Gasteiger partial charge on any atom is 0.344 e. The van der Waals surface area contributed by atoms with Gasteiger partial charge in [0.25, 0.3) is 0 Å². The fourth-order valence-corrected chi connectivity index (χ4v) is 3.94. The molecule has 0 saturated carbocycles. The van der Waals surface area contributed by atoms with Crippen molar-refractivity contribution in [3.05, 3.63) is 83.6 Å². The van der Waals surface area contributed by atoms with E-state index in [-0.39, 0.29) is 5.78 Å². The molecule has 1 aliphatic carbocycles. The Bertz CT molecular complexity index is 1320. The molecule has 5 heteroatoms. The molecule has 1 aliphatic rings. The van der Waals surface area contributed by atoms with Gasteiger partial charge < -0.3 is 14.0 Å². The highest BCUT2D eigenvalue weighted by Gasteiger charge is 2.31. The number of ether oxygens (including phenoxy) is 2. The number of aryl methyl sites for hydroxylation is 1. The van der Waals surface area contributed by atoms with Gasteiger partial charge >= 0.3 is 5.97 Å². The maximum atomic E-state index is 13.1. The largest absolute Gasteiger partial charge is 0.497 e. The molecule has 3 aromatic carbocycles. The summed E-state index contributed by atoms with van der Waals surface area (Å²) < 4.78 is 13.0. The number of esters is 1. The third kappa shape index (κ3) is 2.55. The summed E-state index contributed by atoms with van der Waals surface area (Å²) in [6, 6.07) is 18.1. The molecule has 5 nitrogen and oxygen atoms in total. The first kappa shape index (κ1) is 17.3. The molecule has 5 rings (SSSR count). The van der Waals surface area contributed by atoms with Crippen molar-refractivity contribution < 1.29 is 19.1 Å². The zero-order chi connectivity index (χ0) is 20.1. The van der Waals surface area contributed by atoms with Crippen molar-refractivity contribution in [1.29, 1.82) is 0 Å². The van der Waals surface area contributed by atoms with E-state index >= 15 is 0 Å². The van der Waals surface area contributed by atoms with Crippen LogP contribution in [0.1, 0.15) is 26.3 Å². The average Bonchev–Trinajstić information content (AvgIpc) is 3.22. The number of carbonyl (C=O) groups excluding carboxylic acids is 2. The van der Waals surface area contributed by atoms with Crippen LogP contribution >= 0.6 is 0 Å². The first-order valence-electron chi connectivity index (χ1n) is 9.21. The Labute approximate surface area is 167 Å². The van der Waals surface area contributed by atoms with Crippen LogP contribution in [0.15, 0.2) is 66.9 Å². The number of nitrogens with zero attached hydrogens (tertiary/aromatic N) is 1. The van der Waals surface area contributed by atoms with Crippen LogP contribution in [0.3, 0.4) is 0 Å². The lowest BCUT2D eigenvalue weighted by Gasteiger charge is -2.09. The van der Waals surface area contributed by atoms with Crippen LogP contribution in [0.25, 0.3) is 22.0 Å². The van der Waals surface area contributed by atoms with Crippen molar-refractivity contribution in [3.63, 3.8) is 0 Å². The van der Waals surface area contributed by atoms with E-state index in [0.717, 1.165) is 16.5 Å². The third-order valence-electron chi connectivity index (χ3n) is 5.33. The Morgan fingerprint density at radius 1 is 0.931 bits per heavy atom. The number of aromatic nitrogens is 1. The fraction of sp³-hybridized carbons (Fsp3) is 0.0833. The molecule has 1 aromatic heterocycles. The number of hydrogen-bond donors (Lipinski definition) is 0. The van der Waals surface area contributed by atoms with Gasteiger partial charge in [0.15, 0.2) is 11.5 Å². The summed E-state index contributed by atoms with van der Waals surface area (Å²) in [7, 11) is 3.48. The van der Waals surface area contributed by atoms with Gasteiger partial charge in [-0.2, -0.15) is 0 Å². The van der Waals surface area contributed by atoms with Gasteiger partial charge in [-0.15, -0.1) is 0 Å². The van der Waals surface area contributed by atoms with Gasteiger partial charge in [0, 0.05) is 35.3 Å². The van der Waals surface area contributed by atoms with E-state index in [9.17, 15) is 9.59 Å². The van der Waals surface area contributed by atoms with Crippen molar-refractivity contribution in [1.82, 2.24) is 4.57 Å². The van der Waals surface area contributed by atoms with Crippen LogP contribution in [0, 0.1) is 0 Å². The number of benzene rings is 3. The van der Waals surface area contributed by atoms with Crippen LogP contribution in [-0.2, 0) is 7.05 Å². The summed E-state index contributed by atoms with van der Waals surface area (Å²) in [5, 5.41) is 0.782. The van der Waals surface area contributed by atoms with Crippen LogP contribution in [0.5, 0.6) is 11.5 Å². The second-order valence-corrected chi connectivity index (χ2v) is 6.98. The minimum absolute atomic E-state index is 0.0693. The Balaban J connectivity index is 1.60. The van der Waals surface area contributed by atoms with Crippen molar-refractivity contribution >= 4 is 22.7 Å². The van der Waals surface area contributed by atoms with E-state index in [4.69, 9.17) is 9.47 Å². The molecule has 0 spiro atoms. The number of carbonyl (C=O) groups is 2. The zero-order valence-corrected chi connectivity index (χ0v) is 15.9. The number of ketones is 1. The molecule has 0 saturated heterocycles. The molecule has 0 fully saturated rings. The predicted octanol–water partition coefficient (Wildman–Crippen LogP) is 4.62. The third-order valence-corrected chi connectivity index (χ3v) is 5.33. The Morgan fingerprint density at radius 3 is 2.48 bits per heavy atom. The molecule has 1 heterocycles. The number of hydrogen-bond acceptors (Lipinski definition) is 4. The van der Waals surface area contributed by atoms with E-state index in [2.05, 4.69) is 0 Å². The highest BCUT2D eigenvalue weighted by atomic mass is 16.5. The summed E-state index contributed by atoms with van der Waals surface area (Å²) in [5.41, 5.74) is 3.83. The molecule has 0 radical (unpaired) electrons. The number of methoxy groups -OCH3 is 1. The van der Waals surface area contributed by atoms with Crippen molar-refractivity contribution in [2.24, 2.45) is 7.05 Å². The number of rotatable bonds is 3. The van der Waals surface area contributed by atoms with E-state index < -0.39 is 5.97 Å². The Hall–Kier alpha value is -3.86. The lowest BCUT2D eigenvalue weighted by molar-refractivity contribution is 0.0737. The topological polar surface area (TPSA) is 57.5 Å². The molecular formula is C24H17NO4. The summed E-state index contributed by atoms with van der Waals surface area (Å²) >= 11 is 0. The molecule has 0 N–H and O–H groups in total. The summed E-state index contributed by atoms with van der Waals surface area (Å²) in [5.74, 6) is 0.560. The van der Waals surface area contributed by atoms with Gasteiger partial charge in [-0.05, 0) is 29.8 Å². The van der Waals surface area contributed by atoms with Gasteiger partial charge in [-0.3, -0.25) is 4.79 Å². The van der Waals surface area contributed by atoms with Crippen LogP contribution in [0.4, 0.5) is 0 Å². The highest BCUT2D eigenvalue weighted by molar-refractivity contribution is 6.24. The van der Waals surface area contributed by atoms with Gasteiger partial charge in [0.05, 0.1) is 18.2 Å². The Morgan fingerprint density at radius 2 is 1.69 bits per heavy atom. The summed E-state index contributed by atoms with van der Waals surface area (Å²) in [6.45, 7) is 0. The summed E-state index contributed by atoms with van der Waals surface area (Å²) in [4.78, 5) is 25.8. The van der Waals surface area contributed by atoms with Crippen molar-refractivity contribution in [3.8, 4) is 22.6 Å². The van der Waals surface area contributed by atoms with E-state index in [1.54, 1.807) is 37.6 Å². The van der Waals surface area contributed by atoms with Gasteiger partial charge in [0.2, 0.25) is 0 Å². The lowest BCUT2D eigenvalue weighted by Crippen LogP contribution is -2.10. The molecule has 0 amide bonds. The molecule has 0 atom stereocenters. The fourth-order valence-electron chi connectivity index (χ4n) is 3.94. The first-order chi connectivity index (χ1) is 14.1. The average molecular weight is 383 g/mol. The minimum Gasteiger partial charge on any atom is -0.497 e. The Kier molecular flexibility index (Phi) is 3.77. The molecular weight excluding hydrogens is 366 g/mol. The maximum absolute atomic E-state index is 13.1. The predicted molar refractivity (Wildman–Crippen MR) is 110 cm³/mol. The second-order valence-electron chi connectivity index (χ2n) is 6.98. The van der Waals surface area contributed by atoms with Crippen LogP contribution < -0.4 is 9.47 Å². The van der Waals surface area contributed by atoms with E-state index in [1.165, 1.54) is 0 Å². The molecule has 29 heavy (non-hydrogen) atoms. The zero-order valence-electron chi connectivity index (χ0n) is 15.9. The second kappa shape index (κ2) is 6.34. The highest BCUT2D eigenvalue weighted by Crippen LogP contribution is 2.39. The summed E-state index contributed by atoms with van der Waals surface area (Å²) in [6.07, 6.45) is 1.77. The quantitative estimate of drug-likeness (QED) is 0.427. The van der Waals surface area contributed by atoms with Crippen LogP contribution in [0.2, 0.25) is 0 Å². The van der Waals surface area contributed by atoms with E-state index in [1.807, 2.05) is 48.0 Å². The first-order valence-corrected chi connectivity index (χ1v) is 9.21. The van der Waals surface area contributed by atoms with Gasteiger partial charge in [0.1, 0.15) is 5.75 Å². The van der Waals surface area contributed by atoms with Crippen molar-refractivity contribution in [2.75, 3.05) is 7.11 Å². The van der Waals surface area contributed by atoms with Crippen LogP contribution in [-0.4, -0.2) is 23.4 Å². The molecule has 0 aliphatic heterocycles. The lowest BCUT2D eigenvalue weighted by atomic mass is 9.99.